The lowest BCUT2D eigenvalue weighted by atomic mass is 10.1. The number of ether oxygens (including phenoxy) is 1. The van der Waals surface area contributed by atoms with Crippen molar-refractivity contribution in [2.45, 2.75) is 25.3 Å². The van der Waals surface area contributed by atoms with Gasteiger partial charge in [-0.2, -0.15) is 0 Å². The van der Waals surface area contributed by atoms with Gasteiger partial charge in [-0.1, -0.05) is 0 Å². The molecular formula is C15H22FN3O2. The standard InChI is InChI=1S/C15H22FN3O2/c1-19(12-5-8-21-9-6-12)7-4-15(20)18-11-2-3-13(16)14(17)10-11/h2-3,10,12H,4-9,17H2,1H3,(H,18,20). The summed E-state index contributed by atoms with van der Waals surface area (Å²) in [5.41, 5.74) is 6.03. The minimum Gasteiger partial charge on any atom is -0.396 e. The van der Waals surface area contributed by atoms with E-state index in [1.807, 2.05) is 7.05 Å². The number of amides is 1. The Morgan fingerprint density at radius 2 is 2.19 bits per heavy atom. The third kappa shape index (κ3) is 4.68. The van der Waals surface area contributed by atoms with E-state index in [2.05, 4.69) is 10.2 Å². The summed E-state index contributed by atoms with van der Waals surface area (Å²) in [5, 5.41) is 2.73. The Hall–Kier alpha value is -1.66. The highest BCUT2D eigenvalue weighted by Gasteiger charge is 2.18. The summed E-state index contributed by atoms with van der Waals surface area (Å²) in [7, 11) is 2.03. The average molecular weight is 295 g/mol. The Kier molecular flexibility index (Phi) is 5.52. The summed E-state index contributed by atoms with van der Waals surface area (Å²) in [5.74, 6) is -0.577. The third-order valence-electron chi connectivity index (χ3n) is 3.79. The number of nitrogen functional groups attached to an aromatic ring is 1. The summed E-state index contributed by atoms with van der Waals surface area (Å²) < 4.78 is 18.4. The van der Waals surface area contributed by atoms with Crippen LogP contribution in [0.15, 0.2) is 18.2 Å². The van der Waals surface area contributed by atoms with Crippen LogP contribution in [0.1, 0.15) is 19.3 Å². The predicted octanol–water partition coefficient (Wildman–Crippen LogP) is 1.85. The van der Waals surface area contributed by atoms with Gasteiger partial charge in [-0.15, -0.1) is 0 Å². The van der Waals surface area contributed by atoms with Gasteiger partial charge in [0.2, 0.25) is 5.91 Å². The lowest BCUT2D eigenvalue weighted by Gasteiger charge is -2.30. The van der Waals surface area contributed by atoms with Crippen LogP contribution >= 0.6 is 0 Å². The molecule has 21 heavy (non-hydrogen) atoms. The molecule has 0 aromatic heterocycles. The molecule has 0 bridgehead atoms. The van der Waals surface area contributed by atoms with E-state index in [-0.39, 0.29) is 11.6 Å². The van der Waals surface area contributed by atoms with Gasteiger partial charge in [0.25, 0.3) is 0 Å². The van der Waals surface area contributed by atoms with Gasteiger partial charge in [-0.25, -0.2) is 4.39 Å². The first kappa shape index (κ1) is 15.7. The molecule has 0 spiro atoms. The molecule has 1 saturated heterocycles. The minimum absolute atomic E-state index is 0.0344. The van der Waals surface area contributed by atoms with E-state index in [0.29, 0.717) is 24.7 Å². The van der Waals surface area contributed by atoms with Crippen LogP contribution in [0.25, 0.3) is 0 Å². The molecule has 5 nitrogen and oxygen atoms in total. The molecule has 1 aliphatic heterocycles. The van der Waals surface area contributed by atoms with Crippen LogP contribution in [0.4, 0.5) is 15.8 Å². The van der Waals surface area contributed by atoms with Gasteiger partial charge in [0, 0.05) is 37.9 Å². The molecule has 116 valence electrons. The summed E-state index contributed by atoms with van der Waals surface area (Å²) >= 11 is 0. The molecule has 0 saturated carbocycles. The van der Waals surface area contributed by atoms with Crippen molar-refractivity contribution < 1.29 is 13.9 Å². The Balaban J connectivity index is 1.77. The zero-order valence-corrected chi connectivity index (χ0v) is 12.3. The van der Waals surface area contributed by atoms with Crippen molar-refractivity contribution in [1.29, 1.82) is 0 Å². The number of halogens is 1. The van der Waals surface area contributed by atoms with E-state index in [9.17, 15) is 9.18 Å². The average Bonchev–Trinajstić information content (AvgIpc) is 2.49. The molecule has 0 aliphatic carbocycles. The van der Waals surface area contributed by atoms with Gasteiger partial charge >= 0.3 is 0 Å². The molecule has 3 N–H and O–H groups in total. The first-order chi connectivity index (χ1) is 10.1. The summed E-state index contributed by atoms with van der Waals surface area (Å²) in [4.78, 5) is 14.1. The van der Waals surface area contributed by atoms with E-state index in [1.165, 1.54) is 18.2 Å². The first-order valence-corrected chi connectivity index (χ1v) is 7.19. The monoisotopic (exact) mass is 295 g/mol. The second-order valence-corrected chi connectivity index (χ2v) is 5.36. The van der Waals surface area contributed by atoms with Crippen LogP contribution in [-0.4, -0.2) is 43.7 Å². The number of carbonyl (C=O) groups is 1. The van der Waals surface area contributed by atoms with Crippen molar-refractivity contribution in [2.24, 2.45) is 0 Å². The number of anilines is 2. The zero-order chi connectivity index (χ0) is 15.2. The molecule has 1 aliphatic rings. The number of carbonyl (C=O) groups excluding carboxylic acids is 1. The fourth-order valence-corrected chi connectivity index (χ4v) is 2.43. The largest absolute Gasteiger partial charge is 0.396 e. The van der Waals surface area contributed by atoms with Crippen LogP contribution in [0.2, 0.25) is 0 Å². The van der Waals surface area contributed by atoms with Crippen molar-refractivity contribution in [3.63, 3.8) is 0 Å². The van der Waals surface area contributed by atoms with Crippen molar-refractivity contribution in [2.75, 3.05) is 37.9 Å². The zero-order valence-electron chi connectivity index (χ0n) is 12.3. The number of nitrogens with one attached hydrogen (secondary N) is 1. The maximum Gasteiger partial charge on any atom is 0.225 e. The highest BCUT2D eigenvalue weighted by molar-refractivity contribution is 5.91. The normalized spacial score (nSPS) is 16.1. The molecule has 0 radical (unpaired) electrons. The first-order valence-electron chi connectivity index (χ1n) is 7.19. The fraction of sp³-hybridized carbons (Fsp3) is 0.533. The number of nitrogens with zero attached hydrogens (tertiary/aromatic N) is 1. The van der Waals surface area contributed by atoms with Crippen LogP contribution in [0.3, 0.4) is 0 Å². The lowest BCUT2D eigenvalue weighted by Crippen LogP contribution is -2.38. The van der Waals surface area contributed by atoms with Crippen LogP contribution < -0.4 is 11.1 Å². The molecule has 1 amide bonds. The number of rotatable bonds is 5. The van der Waals surface area contributed by atoms with Gasteiger partial charge in [0.1, 0.15) is 5.82 Å². The quantitative estimate of drug-likeness (QED) is 0.814. The molecule has 1 aromatic rings. The van der Waals surface area contributed by atoms with E-state index in [4.69, 9.17) is 10.5 Å². The van der Waals surface area contributed by atoms with Gasteiger partial charge in [0.05, 0.1) is 5.69 Å². The molecule has 0 unspecified atom stereocenters. The van der Waals surface area contributed by atoms with Gasteiger partial charge in [-0.3, -0.25) is 4.79 Å². The molecule has 0 atom stereocenters. The number of hydrogen-bond donors (Lipinski definition) is 2. The maximum atomic E-state index is 13.0. The molecule has 1 aromatic carbocycles. The molecule has 2 rings (SSSR count). The summed E-state index contributed by atoms with van der Waals surface area (Å²) in [6.07, 6.45) is 2.41. The minimum atomic E-state index is -0.479. The Bertz CT molecular complexity index is 490. The van der Waals surface area contributed by atoms with E-state index < -0.39 is 5.82 Å². The van der Waals surface area contributed by atoms with E-state index >= 15 is 0 Å². The number of hydrogen-bond acceptors (Lipinski definition) is 4. The fourth-order valence-electron chi connectivity index (χ4n) is 2.43. The number of benzene rings is 1. The maximum absolute atomic E-state index is 13.0. The molecule has 6 heteroatoms. The summed E-state index contributed by atoms with van der Waals surface area (Å²) in [6.45, 7) is 2.26. The lowest BCUT2D eigenvalue weighted by molar-refractivity contribution is -0.116. The Labute approximate surface area is 124 Å². The second kappa shape index (κ2) is 7.38. The third-order valence-corrected chi connectivity index (χ3v) is 3.79. The molecule has 1 fully saturated rings. The van der Waals surface area contributed by atoms with Crippen molar-refractivity contribution in [3.05, 3.63) is 24.0 Å². The van der Waals surface area contributed by atoms with Crippen LogP contribution in [-0.2, 0) is 9.53 Å². The molecular weight excluding hydrogens is 273 g/mol. The van der Waals surface area contributed by atoms with Crippen molar-refractivity contribution in [1.82, 2.24) is 4.90 Å². The highest BCUT2D eigenvalue weighted by atomic mass is 19.1. The smallest absolute Gasteiger partial charge is 0.225 e. The SMILES string of the molecule is CN(CCC(=O)Nc1ccc(F)c(N)c1)C1CCOCC1. The van der Waals surface area contributed by atoms with Gasteiger partial charge in [-0.05, 0) is 38.1 Å². The van der Waals surface area contributed by atoms with Crippen LogP contribution in [0, 0.1) is 5.82 Å². The Morgan fingerprint density at radius 3 is 2.86 bits per heavy atom. The molecule has 1 heterocycles. The van der Waals surface area contributed by atoms with Gasteiger partial charge in [0.15, 0.2) is 0 Å². The van der Waals surface area contributed by atoms with E-state index in [0.717, 1.165) is 26.1 Å². The van der Waals surface area contributed by atoms with Crippen LogP contribution in [0.5, 0.6) is 0 Å². The van der Waals surface area contributed by atoms with E-state index in [1.54, 1.807) is 0 Å². The highest BCUT2D eigenvalue weighted by Crippen LogP contribution is 2.17. The van der Waals surface area contributed by atoms with Gasteiger partial charge < -0.3 is 20.7 Å². The van der Waals surface area contributed by atoms with Crippen molar-refractivity contribution in [3.8, 4) is 0 Å². The Morgan fingerprint density at radius 1 is 1.48 bits per heavy atom. The van der Waals surface area contributed by atoms with Crippen molar-refractivity contribution >= 4 is 17.3 Å². The summed E-state index contributed by atoms with van der Waals surface area (Å²) in [6, 6.07) is 4.66. The predicted molar refractivity (Wildman–Crippen MR) is 80.5 cm³/mol. The second-order valence-electron chi connectivity index (χ2n) is 5.36. The number of nitrogens with two attached hydrogens (primary N) is 1. The topological polar surface area (TPSA) is 67.6 Å².